The van der Waals surface area contributed by atoms with Crippen molar-refractivity contribution in [3.8, 4) is 0 Å². The summed E-state index contributed by atoms with van der Waals surface area (Å²) >= 11 is 0. The molecule has 28 heavy (non-hydrogen) atoms. The van der Waals surface area contributed by atoms with Gasteiger partial charge in [-0.2, -0.15) is 0 Å². The molecule has 3 nitrogen and oxygen atoms in total. The number of hydrogen-bond acceptors (Lipinski definition) is 3. The molecular weight excluding hydrogens is 362 g/mol. The predicted molar refractivity (Wildman–Crippen MR) is 115 cm³/mol. The van der Waals surface area contributed by atoms with E-state index in [2.05, 4.69) is 85.6 Å². The quantitative estimate of drug-likeness (QED) is 0.722. The zero-order valence-electron chi connectivity index (χ0n) is 17.1. The van der Waals surface area contributed by atoms with E-state index in [0.717, 1.165) is 5.56 Å². The van der Waals surface area contributed by atoms with Gasteiger partial charge in [-0.25, -0.2) is 0 Å². The summed E-state index contributed by atoms with van der Waals surface area (Å²) in [4.78, 5) is 2.76. The van der Waals surface area contributed by atoms with Crippen molar-refractivity contribution >= 4 is 13.3 Å². The largest absolute Gasteiger partial charge is 0.341 e. The van der Waals surface area contributed by atoms with Crippen LogP contribution in [0.3, 0.4) is 0 Å². The van der Waals surface area contributed by atoms with Gasteiger partial charge in [0.15, 0.2) is 6.29 Å². The van der Waals surface area contributed by atoms with E-state index >= 15 is 0 Å². The van der Waals surface area contributed by atoms with Crippen LogP contribution in [0.2, 0.25) is 19.1 Å². The van der Waals surface area contributed by atoms with Gasteiger partial charge in [0.25, 0.3) is 0 Å². The average Bonchev–Trinajstić information content (AvgIpc) is 3.37. The molecule has 148 valence electrons. The SMILES string of the molecule is C[C@@H]1CC[C@@H]2[C@@H]3O[C@H](c4ccccc4)O[C@@H]3[C@@H](C[Si](C)(C)c3ccccc3)N12. The first-order valence-electron chi connectivity index (χ1n) is 10.7. The van der Waals surface area contributed by atoms with E-state index in [1.807, 2.05) is 0 Å². The lowest BCUT2D eigenvalue weighted by atomic mass is 10.0. The summed E-state index contributed by atoms with van der Waals surface area (Å²) in [5.41, 5.74) is 1.15. The summed E-state index contributed by atoms with van der Waals surface area (Å²) in [6.07, 6.45) is 2.70. The molecule has 0 saturated carbocycles. The fourth-order valence-electron chi connectivity index (χ4n) is 5.72. The normalized spacial score (nSPS) is 35.1. The number of nitrogens with zero attached hydrogens (tertiary/aromatic N) is 1. The highest BCUT2D eigenvalue weighted by molar-refractivity contribution is 6.89. The second kappa shape index (κ2) is 7.10. The topological polar surface area (TPSA) is 21.7 Å². The number of ether oxygens (including phenoxy) is 2. The Kier molecular flexibility index (Phi) is 4.71. The maximum atomic E-state index is 6.61. The zero-order valence-corrected chi connectivity index (χ0v) is 18.1. The second-order valence-corrected chi connectivity index (χ2v) is 14.2. The highest BCUT2D eigenvalue weighted by Crippen LogP contribution is 2.48. The van der Waals surface area contributed by atoms with E-state index in [9.17, 15) is 0 Å². The van der Waals surface area contributed by atoms with E-state index in [1.54, 1.807) is 5.19 Å². The molecule has 0 unspecified atom stereocenters. The first-order valence-corrected chi connectivity index (χ1v) is 13.9. The molecule has 3 heterocycles. The number of hydrogen-bond donors (Lipinski definition) is 0. The van der Waals surface area contributed by atoms with E-state index in [-0.39, 0.29) is 18.5 Å². The molecule has 3 aliphatic heterocycles. The first kappa shape index (κ1) is 18.6. The highest BCUT2D eigenvalue weighted by atomic mass is 28.3. The molecule has 0 N–H and O–H groups in total. The van der Waals surface area contributed by atoms with Gasteiger partial charge < -0.3 is 9.47 Å². The van der Waals surface area contributed by atoms with Crippen LogP contribution >= 0.6 is 0 Å². The van der Waals surface area contributed by atoms with Gasteiger partial charge in [0, 0.05) is 23.7 Å². The summed E-state index contributed by atoms with van der Waals surface area (Å²) in [6.45, 7) is 7.41. The maximum Gasteiger partial charge on any atom is 0.184 e. The molecule has 4 heteroatoms. The molecule has 0 aliphatic carbocycles. The van der Waals surface area contributed by atoms with E-state index < -0.39 is 8.07 Å². The summed E-state index contributed by atoms with van der Waals surface area (Å²) in [6, 6.07) is 24.4. The molecular formula is C24H31NO2Si. The van der Waals surface area contributed by atoms with Gasteiger partial charge in [0.1, 0.15) is 12.2 Å². The van der Waals surface area contributed by atoms with Crippen molar-refractivity contribution in [2.24, 2.45) is 0 Å². The molecule has 5 rings (SSSR count). The molecule has 0 bridgehead atoms. The second-order valence-electron chi connectivity index (χ2n) is 9.41. The van der Waals surface area contributed by atoms with Crippen LogP contribution in [-0.4, -0.2) is 43.3 Å². The van der Waals surface area contributed by atoms with E-state index in [4.69, 9.17) is 9.47 Å². The van der Waals surface area contributed by atoms with Crippen molar-refractivity contribution < 1.29 is 9.47 Å². The Morgan fingerprint density at radius 2 is 1.54 bits per heavy atom. The number of benzene rings is 2. The van der Waals surface area contributed by atoms with Crippen LogP contribution < -0.4 is 5.19 Å². The minimum atomic E-state index is -1.57. The van der Waals surface area contributed by atoms with Gasteiger partial charge in [0.05, 0.1) is 8.07 Å². The standard InChI is InChI=1S/C24H31NO2Si/c1-17-14-15-20-22-23(27-24(26-22)18-10-6-4-7-11-18)21(25(17)20)16-28(2,3)19-12-8-5-9-13-19/h4-13,17,20-24H,14-16H2,1-3H3/t17-,20-,21-,22+,23-,24+/m1/s1. The van der Waals surface area contributed by atoms with Crippen LogP contribution in [0.5, 0.6) is 0 Å². The van der Waals surface area contributed by atoms with Crippen LogP contribution in [0.4, 0.5) is 0 Å². The lowest BCUT2D eigenvalue weighted by Gasteiger charge is -2.36. The fraction of sp³-hybridized carbons (Fsp3) is 0.500. The van der Waals surface area contributed by atoms with Crippen LogP contribution in [-0.2, 0) is 9.47 Å². The minimum Gasteiger partial charge on any atom is -0.341 e. The molecule has 0 radical (unpaired) electrons. The Morgan fingerprint density at radius 1 is 0.893 bits per heavy atom. The van der Waals surface area contributed by atoms with Crippen molar-refractivity contribution in [1.29, 1.82) is 0 Å². The molecule has 2 aromatic carbocycles. The molecule has 0 spiro atoms. The lowest BCUT2D eigenvalue weighted by Crippen LogP contribution is -2.50. The predicted octanol–water partition coefficient (Wildman–Crippen LogP) is 4.32. The van der Waals surface area contributed by atoms with Crippen LogP contribution in [0.1, 0.15) is 31.6 Å². The van der Waals surface area contributed by atoms with Crippen molar-refractivity contribution in [3.63, 3.8) is 0 Å². The number of rotatable bonds is 4. The lowest BCUT2D eigenvalue weighted by molar-refractivity contribution is -0.0981. The van der Waals surface area contributed by atoms with Gasteiger partial charge in [-0.15, -0.1) is 0 Å². The Labute approximate surface area is 169 Å². The summed E-state index contributed by atoms with van der Waals surface area (Å²) < 4.78 is 13.1. The number of fused-ring (bicyclic) bond motifs is 3. The average molecular weight is 394 g/mol. The van der Waals surface area contributed by atoms with Crippen molar-refractivity contribution in [3.05, 3.63) is 66.2 Å². The minimum absolute atomic E-state index is 0.188. The van der Waals surface area contributed by atoms with Crippen molar-refractivity contribution in [2.75, 3.05) is 0 Å². The first-order chi connectivity index (χ1) is 13.5. The fourth-order valence-corrected chi connectivity index (χ4v) is 8.54. The zero-order chi connectivity index (χ0) is 19.3. The van der Waals surface area contributed by atoms with Gasteiger partial charge in [-0.3, -0.25) is 4.90 Å². The molecule has 2 aromatic rings. The van der Waals surface area contributed by atoms with Crippen LogP contribution in [0.25, 0.3) is 0 Å². The summed E-state index contributed by atoms with van der Waals surface area (Å²) in [7, 11) is -1.57. The monoisotopic (exact) mass is 393 g/mol. The maximum absolute atomic E-state index is 6.61. The molecule has 0 aromatic heterocycles. The highest BCUT2D eigenvalue weighted by Gasteiger charge is 2.59. The van der Waals surface area contributed by atoms with E-state index in [0.29, 0.717) is 18.1 Å². The Hall–Kier alpha value is -1.46. The van der Waals surface area contributed by atoms with E-state index in [1.165, 1.54) is 18.9 Å². The smallest absolute Gasteiger partial charge is 0.184 e. The third kappa shape index (κ3) is 3.07. The van der Waals surface area contributed by atoms with Gasteiger partial charge in [-0.1, -0.05) is 78.9 Å². The van der Waals surface area contributed by atoms with Crippen molar-refractivity contribution in [2.45, 2.75) is 75.5 Å². The van der Waals surface area contributed by atoms with Gasteiger partial charge in [0.2, 0.25) is 0 Å². The Morgan fingerprint density at radius 3 is 2.25 bits per heavy atom. The third-order valence-corrected chi connectivity index (χ3v) is 10.5. The molecule has 6 atom stereocenters. The van der Waals surface area contributed by atoms with Crippen LogP contribution in [0.15, 0.2) is 60.7 Å². The molecule has 3 fully saturated rings. The Balaban J connectivity index is 1.43. The van der Waals surface area contributed by atoms with Crippen molar-refractivity contribution in [1.82, 2.24) is 4.90 Å². The van der Waals surface area contributed by atoms with Gasteiger partial charge in [-0.05, 0) is 25.8 Å². The molecule has 3 saturated heterocycles. The van der Waals surface area contributed by atoms with Crippen LogP contribution in [0, 0.1) is 0 Å². The summed E-state index contributed by atoms with van der Waals surface area (Å²) in [5, 5.41) is 1.54. The Bertz CT molecular complexity index is 812. The van der Waals surface area contributed by atoms with Gasteiger partial charge >= 0.3 is 0 Å². The summed E-state index contributed by atoms with van der Waals surface area (Å²) in [5.74, 6) is 0. The molecule has 3 aliphatic rings. The molecule has 0 amide bonds. The third-order valence-electron chi connectivity index (χ3n) is 7.15.